The normalized spacial score (nSPS) is 12.5. The third-order valence-corrected chi connectivity index (χ3v) is 4.76. The van der Waals surface area contributed by atoms with Gasteiger partial charge in [-0.3, -0.25) is 0 Å². The highest BCUT2D eigenvalue weighted by Gasteiger charge is 2.17. The lowest BCUT2D eigenvalue weighted by Crippen LogP contribution is -2.22. The molecule has 0 radical (unpaired) electrons. The number of hydrogen-bond donors (Lipinski definition) is 1. The molecule has 0 aliphatic heterocycles. The molecule has 0 aliphatic carbocycles. The molecule has 1 N–H and O–H groups in total. The van der Waals surface area contributed by atoms with Crippen molar-refractivity contribution in [3.05, 3.63) is 57.3 Å². The highest BCUT2D eigenvalue weighted by Crippen LogP contribution is 2.30. The average molecular weight is 303 g/mol. The number of rotatable bonds is 8. The first-order valence-corrected chi connectivity index (χ1v) is 8.55. The van der Waals surface area contributed by atoms with Crippen molar-refractivity contribution in [1.29, 1.82) is 0 Å². The van der Waals surface area contributed by atoms with Crippen molar-refractivity contribution in [2.45, 2.75) is 32.7 Å². The highest BCUT2D eigenvalue weighted by atomic mass is 32.1. The van der Waals surface area contributed by atoms with Gasteiger partial charge in [0, 0.05) is 12.0 Å². The first-order valence-electron chi connectivity index (χ1n) is 7.67. The van der Waals surface area contributed by atoms with Crippen molar-refractivity contribution in [2.75, 3.05) is 20.3 Å². The van der Waals surface area contributed by atoms with Crippen molar-refractivity contribution in [3.8, 4) is 0 Å². The van der Waals surface area contributed by atoms with Gasteiger partial charge in [0.1, 0.15) is 0 Å². The number of ether oxygens (including phenoxy) is 1. The molecule has 1 aromatic carbocycles. The van der Waals surface area contributed by atoms with E-state index in [0.717, 1.165) is 26.0 Å². The molecule has 2 aromatic rings. The molecule has 0 amide bonds. The molecule has 1 unspecified atom stereocenters. The largest absolute Gasteiger partial charge is 0.384 e. The molecule has 1 aromatic heterocycles. The van der Waals surface area contributed by atoms with E-state index in [1.54, 1.807) is 7.11 Å². The maximum atomic E-state index is 5.14. The first-order chi connectivity index (χ1) is 10.3. The fourth-order valence-electron chi connectivity index (χ4n) is 2.56. The van der Waals surface area contributed by atoms with Crippen LogP contribution < -0.4 is 5.32 Å². The van der Waals surface area contributed by atoms with Gasteiger partial charge in [-0.05, 0) is 47.5 Å². The summed E-state index contributed by atoms with van der Waals surface area (Å²) >= 11 is 1.85. The zero-order valence-electron chi connectivity index (χ0n) is 13.2. The zero-order chi connectivity index (χ0) is 15.1. The first kappa shape index (κ1) is 16.2. The summed E-state index contributed by atoms with van der Waals surface area (Å²) in [5.74, 6) is 0. The molecule has 1 heterocycles. The summed E-state index contributed by atoms with van der Waals surface area (Å²) in [6.07, 6.45) is 2.06. The Morgan fingerprint density at radius 2 is 1.90 bits per heavy atom. The minimum Gasteiger partial charge on any atom is -0.384 e. The van der Waals surface area contributed by atoms with Gasteiger partial charge in [0.25, 0.3) is 0 Å². The lowest BCUT2D eigenvalue weighted by Gasteiger charge is -2.19. The van der Waals surface area contributed by atoms with Crippen LogP contribution in [0.5, 0.6) is 0 Å². The van der Waals surface area contributed by atoms with Crippen molar-refractivity contribution < 1.29 is 4.74 Å². The third kappa shape index (κ3) is 4.16. The highest BCUT2D eigenvalue weighted by molar-refractivity contribution is 7.10. The number of nitrogens with one attached hydrogen (secondary N) is 1. The molecule has 0 aliphatic rings. The molecule has 3 heteroatoms. The second kappa shape index (κ2) is 8.32. The van der Waals surface area contributed by atoms with E-state index >= 15 is 0 Å². The predicted octanol–water partition coefficient (Wildman–Crippen LogP) is 4.20. The summed E-state index contributed by atoms with van der Waals surface area (Å²) < 4.78 is 5.14. The zero-order valence-corrected chi connectivity index (χ0v) is 14.0. The number of benzene rings is 1. The number of thiophene rings is 1. The van der Waals surface area contributed by atoms with Crippen LogP contribution >= 0.6 is 11.3 Å². The fraction of sp³-hybridized carbons (Fsp3) is 0.444. The maximum absolute atomic E-state index is 5.14. The van der Waals surface area contributed by atoms with Crippen molar-refractivity contribution >= 4 is 11.3 Å². The van der Waals surface area contributed by atoms with Gasteiger partial charge >= 0.3 is 0 Å². The monoisotopic (exact) mass is 303 g/mol. The molecule has 2 rings (SSSR count). The van der Waals surface area contributed by atoms with Gasteiger partial charge in [0.05, 0.1) is 12.6 Å². The maximum Gasteiger partial charge on any atom is 0.0673 e. The Hall–Kier alpha value is -1.16. The number of methoxy groups -OCH3 is 1. The van der Waals surface area contributed by atoms with Crippen molar-refractivity contribution in [2.24, 2.45) is 0 Å². The molecule has 1 atom stereocenters. The molecule has 0 saturated carbocycles. The van der Waals surface area contributed by atoms with Gasteiger partial charge in [-0.2, -0.15) is 0 Å². The fourth-order valence-corrected chi connectivity index (χ4v) is 3.65. The van der Waals surface area contributed by atoms with E-state index in [1.807, 2.05) is 11.3 Å². The number of aryl methyl sites for hydroxylation is 1. The van der Waals surface area contributed by atoms with Crippen molar-refractivity contribution in [3.63, 3.8) is 0 Å². The van der Waals surface area contributed by atoms with E-state index < -0.39 is 0 Å². The SMILES string of the molecule is CCNC(c1ccc(CCOC)cc1)c1sccc1CC. The lowest BCUT2D eigenvalue weighted by atomic mass is 9.99. The topological polar surface area (TPSA) is 21.3 Å². The molecule has 114 valence electrons. The van der Waals surface area contributed by atoms with E-state index in [2.05, 4.69) is 54.9 Å². The van der Waals surface area contributed by atoms with Crippen LogP contribution in [0.2, 0.25) is 0 Å². The third-order valence-electron chi connectivity index (χ3n) is 3.74. The molecule has 0 spiro atoms. The van der Waals surface area contributed by atoms with Crippen molar-refractivity contribution in [1.82, 2.24) is 5.32 Å². The van der Waals surface area contributed by atoms with Crippen LogP contribution in [-0.2, 0) is 17.6 Å². The summed E-state index contributed by atoms with van der Waals surface area (Å²) in [4.78, 5) is 1.45. The Bertz CT molecular complexity index is 532. The summed E-state index contributed by atoms with van der Waals surface area (Å²) in [5, 5.41) is 5.82. The Morgan fingerprint density at radius 3 is 2.52 bits per heavy atom. The number of hydrogen-bond acceptors (Lipinski definition) is 3. The van der Waals surface area contributed by atoms with E-state index in [4.69, 9.17) is 4.74 Å². The molecular formula is C18H25NOS. The van der Waals surface area contributed by atoms with Gasteiger partial charge in [-0.25, -0.2) is 0 Å². The van der Waals surface area contributed by atoms with E-state index in [-0.39, 0.29) is 0 Å². The van der Waals surface area contributed by atoms with Gasteiger partial charge in [-0.15, -0.1) is 11.3 Å². The molecule has 2 nitrogen and oxygen atoms in total. The summed E-state index contributed by atoms with van der Waals surface area (Å²) in [6.45, 7) is 6.14. The lowest BCUT2D eigenvalue weighted by molar-refractivity contribution is 0.202. The molecular weight excluding hydrogens is 278 g/mol. The van der Waals surface area contributed by atoms with Crippen LogP contribution in [0.3, 0.4) is 0 Å². The van der Waals surface area contributed by atoms with Gasteiger partial charge in [0.2, 0.25) is 0 Å². The van der Waals surface area contributed by atoms with Crippen LogP contribution in [0, 0.1) is 0 Å². The van der Waals surface area contributed by atoms with E-state index in [9.17, 15) is 0 Å². The van der Waals surface area contributed by atoms with Gasteiger partial charge in [0.15, 0.2) is 0 Å². The minimum absolute atomic E-state index is 0.307. The van der Waals surface area contributed by atoms with Gasteiger partial charge < -0.3 is 10.1 Å². The molecule has 21 heavy (non-hydrogen) atoms. The van der Waals surface area contributed by atoms with Crippen LogP contribution in [-0.4, -0.2) is 20.3 Å². The van der Waals surface area contributed by atoms with Crippen LogP contribution in [0.4, 0.5) is 0 Å². The van der Waals surface area contributed by atoms with Crippen LogP contribution in [0.15, 0.2) is 35.7 Å². The Balaban J connectivity index is 2.22. The molecule has 0 saturated heterocycles. The minimum atomic E-state index is 0.307. The smallest absolute Gasteiger partial charge is 0.0673 e. The molecule has 0 fully saturated rings. The second-order valence-corrected chi connectivity index (χ2v) is 6.09. The quantitative estimate of drug-likeness (QED) is 0.789. The van der Waals surface area contributed by atoms with Crippen LogP contribution in [0.25, 0.3) is 0 Å². The van der Waals surface area contributed by atoms with E-state index in [0.29, 0.717) is 6.04 Å². The summed E-state index contributed by atoms with van der Waals surface area (Å²) in [5.41, 5.74) is 4.13. The summed E-state index contributed by atoms with van der Waals surface area (Å²) in [7, 11) is 1.75. The van der Waals surface area contributed by atoms with E-state index in [1.165, 1.54) is 21.6 Å². The van der Waals surface area contributed by atoms with Gasteiger partial charge in [-0.1, -0.05) is 38.1 Å². The Kier molecular flexibility index (Phi) is 6.43. The Labute approximate surface area is 132 Å². The predicted molar refractivity (Wildman–Crippen MR) is 91.2 cm³/mol. The molecule has 0 bridgehead atoms. The Morgan fingerprint density at radius 1 is 1.14 bits per heavy atom. The second-order valence-electron chi connectivity index (χ2n) is 5.14. The standard InChI is InChI=1S/C18H25NOS/c1-4-15-11-13-21-18(15)17(19-5-2)16-8-6-14(7-9-16)10-12-20-3/h6-9,11,13,17,19H,4-5,10,12H2,1-3H3. The summed E-state index contributed by atoms with van der Waals surface area (Å²) in [6, 6.07) is 11.5. The van der Waals surface area contributed by atoms with Crippen LogP contribution in [0.1, 0.15) is 41.5 Å². The average Bonchev–Trinajstić information content (AvgIpc) is 2.99.